The smallest absolute Gasteiger partial charge is 0.189 e. The zero-order chi connectivity index (χ0) is 18.0. The van der Waals surface area contributed by atoms with Gasteiger partial charge in [-0.1, -0.05) is 73.9 Å². The molecule has 27 heavy (non-hydrogen) atoms. The summed E-state index contributed by atoms with van der Waals surface area (Å²) >= 11 is 0. The average molecular weight is 479 g/mol. The van der Waals surface area contributed by atoms with E-state index in [-0.39, 0.29) is 24.0 Å². The van der Waals surface area contributed by atoms with Crippen LogP contribution in [0.5, 0.6) is 0 Å². The molecule has 0 aliphatic heterocycles. The Morgan fingerprint density at radius 2 is 1.59 bits per heavy atom. The summed E-state index contributed by atoms with van der Waals surface area (Å²) in [5.41, 5.74) is 9.60. The predicted octanol–water partition coefficient (Wildman–Crippen LogP) is 4.76. The molecule has 4 nitrogen and oxygen atoms in total. The minimum absolute atomic E-state index is 0. The quantitative estimate of drug-likeness (QED) is 0.342. The Morgan fingerprint density at radius 3 is 2.33 bits per heavy atom. The summed E-state index contributed by atoms with van der Waals surface area (Å²) < 4.78 is 5.88. The highest BCUT2D eigenvalue weighted by molar-refractivity contribution is 14.0. The number of halogens is 1. The van der Waals surface area contributed by atoms with Crippen LogP contribution in [-0.2, 0) is 24.5 Å². The number of nitrogens with zero attached hydrogens (tertiary/aromatic N) is 1. The Hall–Kier alpha value is -1.60. The number of hydrogen-bond acceptors (Lipinski definition) is 2. The van der Waals surface area contributed by atoms with Gasteiger partial charge in [-0.25, -0.2) is 4.99 Å². The molecule has 0 heterocycles. The number of nitrogens with one attached hydrogen (secondary N) is 1. The van der Waals surface area contributed by atoms with E-state index in [1.165, 1.54) is 37.7 Å². The molecule has 0 atom stereocenters. The minimum atomic E-state index is 0. The molecule has 5 heteroatoms. The minimum Gasteiger partial charge on any atom is -0.372 e. The number of nitrogens with two attached hydrogens (primary N) is 1. The van der Waals surface area contributed by atoms with E-state index < -0.39 is 0 Å². The van der Waals surface area contributed by atoms with Gasteiger partial charge in [0.1, 0.15) is 0 Å². The van der Waals surface area contributed by atoms with Crippen molar-refractivity contribution in [3.8, 4) is 0 Å². The van der Waals surface area contributed by atoms with Gasteiger partial charge in [-0.15, -0.1) is 24.0 Å². The second-order valence-electron chi connectivity index (χ2n) is 6.93. The van der Waals surface area contributed by atoms with Crippen molar-refractivity contribution < 1.29 is 4.74 Å². The number of hydrogen-bond donors (Lipinski definition) is 2. The van der Waals surface area contributed by atoms with Crippen LogP contribution in [0.3, 0.4) is 0 Å². The molecule has 1 aliphatic carbocycles. The van der Waals surface area contributed by atoms with Gasteiger partial charge in [-0.3, -0.25) is 0 Å². The Morgan fingerprint density at radius 1 is 0.926 bits per heavy atom. The lowest BCUT2D eigenvalue weighted by Crippen LogP contribution is -2.41. The summed E-state index contributed by atoms with van der Waals surface area (Å²) in [5, 5.41) is 3.37. The third-order valence-corrected chi connectivity index (χ3v) is 4.86. The fraction of sp³-hybridized carbons (Fsp3) is 0.409. The van der Waals surface area contributed by atoms with Crippen LogP contribution >= 0.6 is 24.0 Å². The van der Waals surface area contributed by atoms with Crippen LogP contribution in [0.4, 0.5) is 0 Å². The van der Waals surface area contributed by atoms with Crippen molar-refractivity contribution in [2.45, 2.75) is 57.9 Å². The Kier molecular flexibility index (Phi) is 9.62. The number of rotatable bonds is 7. The van der Waals surface area contributed by atoms with E-state index >= 15 is 0 Å². The first-order valence-electron chi connectivity index (χ1n) is 9.56. The number of guanidine groups is 1. The van der Waals surface area contributed by atoms with E-state index in [4.69, 9.17) is 10.5 Å². The van der Waals surface area contributed by atoms with Crippen molar-refractivity contribution in [1.82, 2.24) is 5.32 Å². The van der Waals surface area contributed by atoms with Gasteiger partial charge in [0.05, 0.1) is 19.8 Å². The fourth-order valence-corrected chi connectivity index (χ4v) is 3.38. The molecule has 1 saturated carbocycles. The Balaban J connectivity index is 0.00000261. The molecule has 0 radical (unpaired) electrons. The van der Waals surface area contributed by atoms with E-state index in [1.807, 2.05) is 30.3 Å². The normalized spacial score (nSPS) is 15.2. The maximum Gasteiger partial charge on any atom is 0.189 e. The number of benzene rings is 2. The first kappa shape index (κ1) is 21.7. The van der Waals surface area contributed by atoms with Crippen molar-refractivity contribution in [2.24, 2.45) is 10.7 Å². The van der Waals surface area contributed by atoms with Gasteiger partial charge in [-0.2, -0.15) is 0 Å². The van der Waals surface area contributed by atoms with Crippen LogP contribution in [0.1, 0.15) is 48.8 Å². The lowest BCUT2D eigenvalue weighted by Gasteiger charge is -2.23. The Labute approximate surface area is 179 Å². The van der Waals surface area contributed by atoms with E-state index in [0.29, 0.717) is 31.8 Å². The standard InChI is InChI=1S/C22H29N3O.HI/c23-22(25-21-13-5-2-6-14-21)24-15-19-11-7-8-12-20(19)17-26-16-18-9-3-1-4-10-18;/h1,3-4,7-12,21H,2,5-6,13-17H2,(H3,23,24,25);1H. The maximum absolute atomic E-state index is 6.09. The molecular weight excluding hydrogens is 449 g/mol. The zero-order valence-electron chi connectivity index (χ0n) is 15.8. The molecule has 0 bridgehead atoms. The van der Waals surface area contributed by atoms with E-state index in [1.54, 1.807) is 0 Å². The van der Waals surface area contributed by atoms with Crippen LogP contribution in [0.2, 0.25) is 0 Å². The summed E-state index contributed by atoms with van der Waals surface area (Å²) in [7, 11) is 0. The lowest BCUT2D eigenvalue weighted by atomic mass is 9.96. The molecule has 0 unspecified atom stereocenters. The molecule has 0 aromatic heterocycles. The molecule has 3 rings (SSSR count). The second kappa shape index (κ2) is 12.0. The summed E-state index contributed by atoms with van der Waals surface area (Å²) in [5.74, 6) is 0.553. The molecule has 0 spiro atoms. The molecule has 3 N–H and O–H groups in total. The van der Waals surface area contributed by atoms with Crippen molar-refractivity contribution in [3.05, 3.63) is 71.3 Å². The van der Waals surface area contributed by atoms with Gasteiger partial charge in [0.15, 0.2) is 5.96 Å². The first-order chi connectivity index (χ1) is 12.8. The second-order valence-corrected chi connectivity index (χ2v) is 6.93. The van der Waals surface area contributed by atoms with Crippen LogP contribution in [-0.4, -0.2) is 12.0 Å². The van der Waals surface area contributed by atoms with Gasteiger partial charge in [0.2, 0.25) is 0 Å². The monoisotopic (exact) mass is 479 g/mol. The molecule has 2 aromatic rings. The van der Waals surface area contributed by atoms with Crippen molar-refractivity contribution in [2.75, 3.05) is 0 Å². The van der Waals surface area contributed by atoms with Gasteiger partial charge >= 0.3 is 0 Å². The van der Waals surface area contributed by atoms with E-state index in [0.717, 1.165) is 11.1 Å². The van der Waals surface area contributed by atoms with Crippen molar-refractivity contribution in [1.29, 1.82) is 0 Å². The third-order valence-electron chi connectivity index (χ3n) is 4.86. The molecular formula is C22H30IN3O. The average Bonchev–Trinajstić information content (AvgIpc) is 2.69. The maximum atomic E-state index is 6.09. The van der Waals surface area contributed by atoms with Crippen LogP contribution in [0.15, 0.2) is 59.6 Å². The fourth-order valence-electron chi connectivity index (χ4n) is 3.38. The highest BCUT2D eigenvalue weighted by atomic mass is 127. The molecule has 146 valence electrons. The Bertz CT molecular complexity index is 700. The predicted molar refractivity (Wildman–Crippen MR) is 122 cm³/mol. The molecule has 2 aromatic carbocycles. The summed E-state index contributed by atoms with van der Waals surface area (Å²) in [4.78, 5) is 4.54. The SMILES string of the molecule is I.NC(=NCc1ccccc1COCc1ccccc1)NC1CCCCC1. The summed E-state index contributed by atoms with van der Waals surface area (Å²) in [6, 6.07) is 19.0. The van der Waals surface area contributed by atoms with E-state index in [2.05, 4.69) is 34.6 Å². The van der Waals surface area contributed by atoms with Gasteiger partial charge in [0.25, 0.3) is 0 Å². The number of ether oxygens (including phenoxy) is 1. The third kappa shape index (κ3) is 7.50. The largest absolute Gasteiger partial charge is 0.372 e. The lowest BCUT2D eigenvalue weighted by molar-refractivity contribution is 0.106. The molecule has 1 aliphatic rings. The topological polar surface area (TPSA) is 59.6 Å². The molecule has 0 amide bonds. The summed E-state index contributed by atoms with van der Waals surface area (Å²) in [6.45, 7) is 1.77. The highest BCUT2D eigenvalue weighted by Gasteiger charge is 2.13. The highest BCUT2D eigenvalue weighted by Crippen LogP contribution is 2.17. The molecule has 0 saturated heterocycles. The molecule has 1 fully saturated rings. The van der Waals surface area contributed by atoms with Gasteiger partial charge in [0, 0.05) is 6.04 Å². The van der Waals surface area contributed by atoms with Gasteiger partial charge in [-0.05, 0) is 29.5 Å². The summed E-state index contributed by atoms with van der Waals surface area (Å²) in [6.07, 6.45) is 6.30. The van der Waals surface area contributed by atoms with Crippen molar-refractivity contribution >= 4 is 29.9 Å². The zero-order valence-corrected chi connectivity index (χ0v) is 18.1. The van der Waals surface area contributed by atoms with Gasteiger partial charge < -0.3 is 15.8 Å². The first-order valence-corrected chi connectivity index (χ1v) is 9.56. The van der Waals surface area contributed by atoms with Crippen molar-refractivity contribution in [3.63, 3.8) is 0 Å². The van der Waals surface area contributed by atoms with Crippen LogP contribution < -0.4 is 11.1 Å². The van der Waals surface area contributed by atoms with Crippen LogP contribution in [0, 0.1) is 0 Å². The van der Waals surface area contributed by atoms with Crippen LogP contribution in [0.25, 0.3) is 0 Å². The number of aliphatic imine (C=N–C) groups is 1. The van der Waals surface area contributed by atoms with E-state index in [9.17, 15) is 0 Å².